The van der Waals surface area contributed by atoms with Crippen molar-refractivity contribution >= 4 is 51.9 Å². The molecule has 0 atom stereocenters. The highest BCUT2D eigenvalue weighted by Crippen LogP contribution is 2.02. The first-order valence-electron chi connectivity index (χ1n) is 3.93. The first kappa shape index (κ1) is 11.1. The molecule has 72 valence electrons. The summed E-state index contributed by atoms with van der Waals surface area (Å²) in [7, 11) is -3.59. The molecular weight excluding hydrogens is 244 g/mol. The van der Waals surface area contributed by atoms with E-state index in [2.05, 4.69) is 12.6 Å². The van der Waals surface area contributed by atoms with Crippen LogP contribution in [0.25, 0.3) is 0 Å². The van der Waals surface area contributed by atoms with Crippen molar-refractivity contribution in [1.82, 2.24) is 0 Å². The molecule has 0 unspecified atom stereocenters. The summed E-state index contributed by atoms with van der Waals surface area (Å²) >= 11 is 4.15. The molecule has 1 fully saturated rings. The van der Waals surface area contributed by atoms with E-state index in [1.54, 1.807) is 0 Å². The van der Waals surface area contributed by atoms with Gasteiger partial charge in [0, 0.05) is 0 Å². The van der Waals surface area contributed by atoms with Crippen LogP contribution in [-0.2, 0) is 16.5 Å². The summed E-state index contributed by atoms with van der Waals surface area (Å²) in [6.07, 6.45) is 1.08. The third kappa shape index (κ3) is 4.93. The van der Waals surface area contributed by atoms with Gasteiger partial charge in [0.25, 0.3) is 30.0 Å². The molecule has 0 aromatic carbocycles. The minimum Gasteiger partial charge on any atom is -0.425 e. The topological polar surface area (TPSA) is 36.9 Å². The first-order valence-corrected chi connectivity index (χ1v) is 9.78. The minimum absolute atomic E-state index is 0.710. The van der Waals surface area contributed by atoms with Gasteiger partial charge in [-0.15, -0.1) is 0 Å². The third-order valence-electron chi connectivity index (χ3n) is 1.44. The molecule has 0 amide bonds. The fourth-order valence-electron chi connectivity index (χ4n) is 0.848. The van der Waals surface area contributed by atoms with Crippen LogP contribution >= 0.6 is 12.6 Å². The normalized spacial score (nSPS) is 32.2. The lowest BCUT2D eigenvalue weighted by molar-refractivity contribution is 0.328. The molecule has 1 saturated heterocycles. The number of rotatable bonds is 3. The SMILES string of the molecule is SCCC[SiH]1O[SiH2]O[SiH2]O[SiH2]O1. The summed E-state index contributed by atoms with van der Waals surface area (Å²) in [6.45, 7) is 0. The van der Waals surface area contributed by atoms with Gasteiger partial charge in [-0.25, -0.2) is 0 Å². The van der Waals surface area contributed by atoms with Crippen molar-refractivity contribution in [1.29, 1.82) is 0 Å². The zero-order chi connectivity index (χ0) is 8.65. The van der Waals surface area contributed by atoms with Crippen LogP contribution in [0.2, 0.25) is 6.04 Å². The van der Waals surface area contributed by atoms with E-state index in [-0.39, 0.29) is 0 Å². The molecule has 9 heteroatoms. The molecule has 0 spiro atoms. The Morgan fingerprint density at radius 3 is 2.33 bits per heavy atom. The maximum Gasteiger partial charge on any atom is 0.303 e. The quantitative estimate of drug-likeness (QED) is 0.453. The highest BCUT2D eigenvalue weighted by atomic mass is 32.1. The van der Waals surface area contributed by atoms with Crippen LogP contribution in [0.1, 0.15) is 6.42 Å². The van der Waals surface area contributed by atoms with Gasteiger partial charge in [-0.3, -0.25) is 0 Å². The Morgan fingerprint density at radius 2 is 1.75 bits per heavy atom. The van der Waals surface area contributed by atoms with Crippen molar-refractivity contribution in [2.45, 2.75) is 12.5 Å². The monoisotopic (exact) mass is 258 g/mol. The molecule has 1 rings (SSSR count). The molecule has 1 heterocycles. The van der Waals surface area contributed by atoms with Crippen molar-refractivity contribution < 1.29 is 16.5 Å². The zero-order valence-electron chi connectivity index (χ0n) is 6.90. The fourth-order valence-corrected chi connectivity index (χ4v) is 10.3. The summed E-state index contributed by atoms with van der Waals surface area (Å²) < 4.78 is 21.7. The average Bonchev–Trinajstić information content (AvgIpc) is 2.02. The molecule has 0 saturated carbocycles. The van der Waals surface area contributed by atoms with Crippen molar-refractivity contribution in [3.05, 3.63) is 0 Å². The molecule has 0 bridgehead atoms. The van der Waals surface area contributed by atoms with E-state index in [0.29, 0.717) is 0 Å². The lowest BCUT2D eigenvalue weighted by Gasteiger charge is -2.19. The van der Waals surface area contributed by atoms with Gasteiger partial charge in [0.15, 0.2) is 0 Å². The summed E-state index contributed by atoms with van der Waals surface area (Å²) in [6, 6.07) is 1.05. The van der Waals surface area contributed by atoms with Crippen LogP contribution < -0.4 is 0 Å². The zero-order valence-corrected chi connectivity index (χ0v) is 13.2. The standard InChI is InChI=1S/C3H14O4SSi4/c8-2-1-3-12-6-10-4-9-5-11-7-12/h8,12H,1-3,9-11H2. The largest absolute Gasteiger partial charge is 0.425 e. The molecule has 0 aliphatic carbocycles. The highest BCUT2D eigenvalue weighted by molar-refractivity contribution is 7.80. The smallest absolute Gasteiger partial charge is 0.303 e. The van der Waals surface area contributed by atoms with E-state index in [1.807, 2.05) is 0 Å². The van der Waals surface area contributed by atoms with Crippen LogP contribution in [0.3, 0.4) is 0 Å². The van der Waals surface area contributed by atoms with E-state index < -0.39 is 39.3 Å². The Hall–Kier alpha value is 1.06. The highest BCUT2D eigenvalue weighted by Gasteiger charge is 2.14. The summed E-state index contributed by atoms with van der Waals surface area (Å²) in [5.74, 6) is 0.912. The van der Waals surface area contributed by atoms with Crippen LogP contribution in [0, 0.1) is 0 Å². The van der Waals surface area contributed by atoms with E-state index in [4.69, 9.17) is 16.5 Å². The number of hydrogen-bond acceptors (Lipinski definition) is 5. The second-order valence-corrected chi connectivity index (χ2v) is 10.9. The van der Waals surface area contributed by atoms with Crippen molar-refractivity contribution in [2.24, 2.45) is 0 Å². The Balaban J connectivity index is 2.11. The summed E-state index contributed by atoms with van der Waals surface area (Å²) in [4.78, 5) is 0. The van der Waals surface area contributed by atoms with Crippen LogP contribution in [0.15, 0.2) is 0 Å². The van der Waals surface area contributed by atoms with Gasteiger partial charge in [-0.1, -0.05) is 0 Å². The Kier molecular flexibility index (Phi) is 6.92. The van der Waals surface area contributed by atoms with Gasteiger partial charge in [0.2, 0.25) is 0 Å². The van der Waals surface area contributed by atoms with E-state index >= 15 is 0 Å². The van der Waals surface area contributed by atoms with Gasteiger partial charge in [0.05, 0.1) is 0 Å². The second kappa shape index (κ2) is 7.46. The lowest BCUT2D eigenvalue weighted by atomic mass is 10.6. The summed E-state index contributed by atoms with van der Waals surface area (Å²) in [5.41, 5.74) is 0. The fraction of sp³-hybridized carbons (Fsp3) is 1.00. The van der Waals surface area contributed by atoms with Crippen LogP contribution in [0.5, 0.6) is 0 Å². The average molecular weight is 259 g/mol. The van der Waals surface area contributed by atoms with E-state index in [9.17, 15) is 0 Å². The maximum atomic E-state index is 5.57. The molecule has 4 nitrogen and oxygen atoms in total. The molecule has 0 aromatic rings. The predicted octanol–water partition coefficient (Wildman–Crippen LogP) is -2.40. The maximum absolute atomic E-state index is 5.57. The third-order valence-corrected chi connectivity index (χ3v) is 9.36. The number of thiol groups is 1. The lowest BCUT2D eigenvalue weighted by Crippen LogP contribution is -2.33. The Morgan fingerprint density at radius 1 is 1.08 bits per heavy atom. The predicted molar refractivity (Wildman–Crippen MR) is 60.4 cm³/mol. The Labute approximate surface area is 86.8 Å². The van der Waals surface area contributed by atoms with Crippen molar-refractivity contribution in [3.63, 3.8) is 0 Å². The number of hydrogen-bond donors (Lipinski definition) is 1. The summed E-state index contributed by atoms with van der Waals surface area (Å²) in [5, 5.41) is 0. The van der Waals surface area contributed by atoms with E-state index in [1.165, 1.54) is 0 Å². The van der Waals surface area contributed by atoms with Crippen LogP contribution in [0.4, 0.5) is 0 Å². The van der Waals surface area contributed by atoms with Crippen molar-refractivity contribution in [2.75, 3.05) is 5.75 Å². The van der Waals surface area contributed by atoms with Gasteiger partial charge >= 0.3 is 9.28 Å². The molecule has 0 N–H and O–H groups in total. The Bertz CT molecular complexity index is 108. The molecule has 1 aliphatic rings. The molecular formula is C3H14O4SSi4. The van der Waals surface area contributed by atoms with Gasteiger partial charge < -0.3 is 16.5 Å². The van der Waals surface area contributed by atoms with Gasteiger partial charge in [-0.05, 0) is 18.2 Å². The second-order valence-electron chi connectivity index (χ2n) is 2.39. The van der Waals surface area contributed by atoms with E-state index in [0.717, 1.165) is 18.2 Å². The minimum atomic E-state index is -1.37. The van der Waals surface area contributed by atoms with Crippen LogP contribution in [-0.4, -0.2) is 45.1 Å². The van der Waals surface area contributed by atoms with Gasteiger partial charge in [-0.2, -0.15) is 12.6 Å². The first-order chi connectivity index (χ1) is 5.93. The molecule has 1 aliphatic heterocycles. The molecule has 12 heavy (non-hydrogen) atoms. The van der Waals surface area contributed by atoms with Crippen molar-refractivity contribution in [3.8, 4) is 0 Å². The molecule has 0 radical (unpaired) electrons. The molecule has 0 aromatic heterocycles. The van der Waals surface area contributed by atoms with Gasteiger partial charge in [0.1, 0.15) is 0 Å².